The van der Waals surface area contributed by atoms with Crippen LogP contribution in [-0.2, 0) is 11.2 Å². The SMILES string of the molecule is CCc1ccc(N(C)C(=O)C(Br)CC)cc1. The van der Waals surface area contributed by atoms with Crippen molar-refractivity contribution in [3.05, 3.63) is 29.8 Å². The number of halogens is 1. The number of carbonyl (C=O) groups is 1. The quantitative estimate of drug-likeness (QED) is 0.776. The topological polar surface area (TPSA) is 20.3 Å². The number of hydrogen-bond acceptors (Lipinski definition) is 1. The lowest BCUT2D eigenvalue weighted by Gasteiger charge is -2.20. The number of benzene rings is 1. The number of nitrogens with zero attached hydrogens (tertiary/aromatic N) is 1. The maximum atomic E-state index is 11.9. The van der Waals surface area contributed by atoms with Gasteiger partial charge in [-0.15, -0.1) is 0 Å². The summed E-state index contributed by atoms with van der Waals surface area (Å²) in [4.78, 5) is 13.5. The van der Waals surface area contributed by atoms with Crippen LogP contribution in [0.2, 0.25) is 0 Å². The van der Waals surface area contributed by atoms with Crippen LogP contribution in [0.15, 0.2) is 24.3 Å². The van der Waals surface area contributed by atoms with Crippen molar-refractivity contribution in [2.75, 3.05) is 11.9 Å². The molecule has 3 heteroatoms. The third-order valence-electron chi connectivity index (χ3n) is 2.69. The third kappa shape index (κ3) is 3.08. The van der Waals surface area contributed by atoms with Crippen LogP contribution in [0.1, 0.15) is 25.8 Å². The number of hydrogen-bond donors (Lipinski definition) is 0. The fourth-order valence-corrected chi connectivity index (χ4v) is 1.77. The zero-order chi connectivity index (χ0) is 12.1. The second-order valence-electron chi connectivity index (χ2n) is 3.79. The van der Waals surface area contributed by atoms with Crippen molar-refractivity contribution in [3.63, 3.8) is 0 Å². The van der Waals surface area contributed by atoms with E-state index < -0.39 is 0 Å². The van der Waals surface area contributed by atoms with Crippen molar-refractivity contribution < 1.29 is 4.79 Å². The number of aryl methyl sites for hydroxylation is 1. The van der Waals surface area contributed by atoms with Gasteiger partial charge in [0, 0.05) is 12.7 Å². The minimum Gasteiger partial charge on any atom is -0.315 e. The Kier molecular flexibility index (Phi) is 5.00. The van der Waals surface area contributed by atoms with Crippen LogP contribution in [0, 0.1) is 0 Å². The first kappa shape index (κ1) is 13.2. The van der Waals surface area contributed by atoms with Gasteiger partial charge in [-0.05, 0) is 30.5 Å². The van der Waals surface area contributed by atoms with Crippen molar-refractivity contribution in [2.24, 2.45) is 0 Å². The van der Waals surface area contributed by atoms with Crippen LogP contribution >= 0.6 is 15.9 Å². The Hall–Kier alpha value is -0.830. The smallest absolute Gasteiger partial charge is 0.240 e. The second-order valence-corrected chi connectivity index (χ2v) is 4.90. The van der Waals surface area contributed by atoms with E-state index in [4.69, 9.17) is 0 Å². The molecule has 0 N–H and O–H groups in total. The van der Waals surface area contributed by atoms with E-state index in [1.165, 1.54) is 5.56 Å². The molecular weight excluding hydrogens is 266 g/mol. The Labute approximate surface area is 106 Å². The highest BCUT2D eigenvalue weighted by atomic mass is 79.9. The lowest BCUT2D eigenvalue weighted by Crippen LogP contribution is -2.32. The predicted octanol–water partition coefficient (Wildman–Crippen LogP) is 3.39. The van der Waals surface area contributed by atoms with E-state index in [-0.39, 0.29) is 10.7 Å². The normalized spacial score (nSPS) is 12.2. The highest BCUT2D eigenvalue weighted by molar-refractivity contribution is 9.10. The van der Waals surface area contributed by atoms with E-state index in [9.17, 15) is 4.79 Å². The van der Waals surface area contributed by atoms with E-state index >= 15 is 0 Å². The van der Waals surface area contributed by atoms with Gasteiger partial charge in [0.05, 0.1) is 4.83 Å². The average Bonchev–Trinajstić information content (AvgIpc) is 2.36. The average molecular weight is 284 g/mol. The molecule has 0 aromatic heterocycles. The first-order valence-electron chi connectivity index (χ1n) is 5.60. The van der Waals surface area contributed by atoms with Crippen LogP contribution in [-0.4, -0.2) is 17.8 Å². The summed E-state index contributed by atoms with van der Waals surface area (Å²) in [7, 11) is 1.81. The first-order valence-corrected chi connectivity index (χ1v) is 6.52. The number of rotatable bonds is 4. The van der Waals surface area contributed by atoms with Gasteiger partial charge in [-0.2, -0.15) is 0 Å². The van der Waals surface area contributed by atoms with Gasteiger partial charge in [0.1, 0.15) is 0 Å². The lowest BCUT2D eigenvalue weighted by molar-refractivity contribution is -0.117. The van der Waals surface area contributed by atoms with Crippen molar-refractivity contribution in [3.8, 4) is 0 Å². The minimum absolute atomic E-state index is 0.0941. The molecule has 88 valence electrons. The second kappa shape index (κ2) is 6.04. The number of amides is 1. The standard InChI is InChI=1S/C13H18BrNO/c1-4-10-6-8-11(9-7-10)15(3)13(16)12(14)5-2/h6-9,12H,4-5H2,1-3H3. The summed E-state index contributed by atoms with van der Waals surface area (Å²) >= 11 is 3.38. The molecule has 1 aromatic rings. The maximum absolute atomic E-state index is 11.9. The highest BCUT2D eigenvalue weighted by Gasteiger charge is 2.18. The molecule has 0 spiro atoms. The van der Waals surface area contributed by atoms with Crippen molar-refractivity contribution in [1.29, 1.82) is 0 Å². The number of carbonyl (C=O) groups excluding carboxylic acids is 1. The zero-order valence-electron chi connectivity index (χ0n) is 10.0. The molecule has 2 nitrogen and oxygen atoms in total. The molecule has 16 heavy (non-hydrogen) atoms. The predicted molar refractivity (Wildman–Crippen MR) is 72.2 cm³/mol. The summed E-state index contributed by atoms with van der Waals surface area (Å²) < 4.78 is 0. The summed E-state index contributed by atoms with van der Waals surface area (Å²) in [5.41, 5.74) is 2.23. The molecule has 0 heterocycles. The third-order valence-corrected chi connectivity index (χ3v) is 3.73. The Balaban J connectivity index is 2.79. The van der Waals surface area contributed by atoms with Crippen LogP contribution < -0.4 is 4.90 Å². The van der Waals surface area contributed by atoms with Gasteiger partial charge >= 0.3 is 0 Å². The summed E-state index contributed by atoms with van der Waals surface area (Å²) in [5.74, 6) is 0.103. The van der Waals surface area contributed by atoms with Gasteiger partial charge in [-0.1, -0.05) is 41.9 Å². The van der Waals surface area contributed by atoms with Gasteiger partial charge in [-0.3, -0.25) is 4.79 Å². The molecule has 0 aliphatic rings. The summed E-state index contributed by atoms with van der Waals surface area (Å²) in [5, 5.41) is 0. The Morgan fingerprint density at radius 3 is 2.31 bits per heavy atom. The van der Waals surface area contributed by atoms with Crippen LogP contribution in [0.3, 0.4) is 0 Å². The fourth-order valence-electron chi connectivity index (χ4n) is 1.47. The Bertz CT molecular complexity index is 347. The van der Waals surface area contributed by atoms with Crippen molar-refractivity contribution >= 4 is 27.5 Å². The van der Waals surface area contributed by atoms with Crippen LogP contribution in [0.5, 0.6) is 0 Å². The molecule has 1 amide bonds. The molecule has 1 atom stereocenters. The molecule has 1 aromatic carbocycles. The summed E-state index contributed by atoms with van der Waals surface area (Å²) in [6.45, 7) is 4.11. The monoisotopic (exact) mass is 283 g/mol. The highest BCUT2D eigenvalue weighted by Crippen LogP contribution is 2.17. The van der Waals surface area contributed by atoms with E-state index in [1.54, 1.807) is 4.90 Å². The van der Waals surface area contributed by atoms with Gasteiger partial charge in [-0.25, -0.2) is 0 Å². The first-order chi connectivity index (χ1) is 7.60. The van der Waals surface area contributed by atoms with E-state index in [0.717, 1.165) is 18.5 Å². The molecule has 0 aliphatic heterocycles. The Morgan fingerprint density at radius 2 is 1.88 bits per heavy atom. The molecule has 0 saturated carbocycles. The molecule has 0 saturated heterocycles. The molecule has 1 rings (SSSR count). The van der Waals surface area contributed by atoms with Gasteiger partial charge in [0.15, 0.2) is 0 Å². The zero-order valence-corrected chi connectivity index (χ0v) is 11.6. The maximum Gasteiger partial charge on any atom is 0.240 e. The van der Waals surface area contributed by atoms with E-state index in [0.29, 0.717) is 0 Å². The fraction of sp³-hybridized carbons (Fsp3) is 0.462. The van der Waals surface area contributed by atoms with Crippen molar-refractivity contribution in [2.45, 2.75) is 31.5 Å². The van der Waals surface area contributed by atoms with E-state index in [1.807, 2.05) is 26.1 Å². The molecule has 0 fully saturated rings. The van der Waals surface area contributed by atoms with Crippen molar-refractivity contribution in [1.82, 2.24) is 0 Å². The Morgan fingerprint density at radius 1 is 1.31 bits per heavy atom. The van der Waals surface area contributed by atoms with E-state index in [2.05, 4.69) is 35.0 Å². The minimum atomic E-state index is -0.0941. The van der Waals surface area contributed by atoms with Gasteiger partial charge in [0.25, 0.3) is 0 Å². The molecule has 0 bridgehead atoms. The number of anilines is 1. The largest absolute Gasteiger partial charge is 0.315 e. The molecule has 0 aliphatic carbocycles. The lowest BCUT2D eigenvalue weighted by atomic mass is 10.1. The summed E-state index contributed by atoms with van der Waals surface area (Å²) in [6, 6.07) is 8.11. The number of alkyl halides is 1. The van der Waals surface area contributed by atoms with Crippen LogP contribution in [0.25, 0.3) is 0 Å². The van der Waals surface area contributed by atoms with Gasteiger partial charge < -0.3 is 4.90 Å². The van der Waals surface area contributed by atoms with Crippen LogP contribution in [0.4, 0.5) is 5.69 Å². The molecule has 1 unspecified atom stereocenters. The summed E-state index contributed by atoms with van der Waals surface area (Å²) in [6.07, 6.45) is 1.82. The van der Waals surface area contributed by atoms with Gasteiger partial charge in [0.2, 0.25) is 5.91 Å². The molecule has 0 radical (unpaired) electrons. The molecular formula is C13H18BrNO.